The van der Waals surface area contributed by atoms with E-state index in [0.717, 1.165) is 19.3 Å². The van der Waals surface area contributed by atoms with E-state index >= 15 is 0 Å². The molecule has 3 N–H and O–H groups in total. The molecule has 0 heterocycles. The van der Waals surface area contributed by atoms with Crippen molar-refractivity contribution < 1.29 is 13.6 Å². The lowest BCUT2D eigenvalue weighted by molar-refractivity contribution is 0.0928. The zero-order valence-electron chi connectivity index (χ0n) is 11.0. The first-order valence-corrected chi connectivity index (χ1v) is 7.54. The van der Waals surface area contributed by atoms with Crippen LogP contribution in [0.15, 0.2) is 29.2 Å². The van der Waals surface area contributed by atoms with Gasteiger partial charge in [-0.05, 0) is 49.6 Å². The van der Waals surface area contributed by atoms with Gasteiger partial charge in [0, 0.05) is 16.5 Å². The van der Waals surface area contributed by atoms with Crippen LogP contribution in [0.1, 0.15) is 29.6 Å². The number of amides is 1. The molecule has 0 radical (unpaired) electrons. The van der Waals surface area contributed by atoms with Gasteiger partial charge in [-0.2, -0.15) is 8.78 Å². The first-order valence-electron chi connectivity index (χ1n) is 6.66. The monoisotopic (exact) mass is 300 g/mol. The molecule has 1 aromatic carbocycles. The second kappa shape index (κ2) is 7.04. The average molecular weight is 300 g/mol. The molecule has 20 heavy (non-hydrogen) atoms. The van der Waals surface area contributed by atoms with Crippen LogP contribution in [0.4, 0.5) is 8.78 Å². The molecule has 0 aliphatic heterocycles. The van der Waals surface area contributed by atoms with Gasteiger partial charge in [0.15, 0.2) is 0 Å². The molecule has 0 bridgehead atoms. The van der Waals surface area contributed by atoms with Crippen LogP contribution < -0.4 is 11.1 Å². The van der Waals surface area contributed by atoms with Crippen molar-refractivity contribution in [2.75, 3.05) is 6.54 Å². The minimum atomic E-state index is -2.45. The van der Waals surface area contributed by atoms with Gasteiger partial charge < -0.3 is 11.1 Å². The van der Waals surface area contributed by atoms with Gasteiger partial charge in [0.25, 0.3) is 11.7 Å². The third-order valence-corrected chi connectivity index (χ3v) is 4.34. The lowest BCUT2D eigenvalue weighted by atomic mass is 10.0. The number of alkyl halides is 2. The summed E-state index contributed by atoms with van der Waals surface area (Å²) < 4.78 is 24.4. The fraction of sp³-hybridized carbons (Fsp3) is 0.500. The Kier molecular flexibility index (Phi) is 5.37. The number of rotatable bonds is 5. The summed E-state index contributed by atoms with van der Waals surface area (Å²) in [6.45, 7) is 0.578. The summed E-state index contributed by atoms with van der Waals surface area (Å²) in [5, 5.41) is 2.98. The summed E-state index contributed by atoms with van der Waals surface area (Å²) in [4.78, 5) is 12.5. The van der Waals surface area contributed by atoms with Crippen LogP contribution in [0.2, 0.25) is 0 Å². The molecule has 0 spiro atoms. The SMILES string of the molecule is NCC1CCCC1NC(=O)c1ccc(SC(F)F)cc1. The standard InChI is InChI=1S/C14H18F2N2OS/c15-14(16)20-11-6-4-9(5-7-11)13(19)18-12-3-1-2-10(12)8-17/h4-7,10,12,14H,1-3,8,17H2,(H,18,19). The third-order valence-electron chi connectivity index (χ3n) is 3.62. The molecule has 110 valence electrons. The van der Waals surface area contributed by atoms with E-state index in [4.69, 9.17) is 5.73 Å². The Morgan fingerprint density at radius 3 is 2.65 bits per heavy atom. The Hall–Kier alpha value is -1.14. The van der Waals surface area contributed by atoms with Crippen LogP contribution in [0.25, 0.3) is 0 Å². The zero-order chi connectivity index (χ0) is 14.5. The Morgan fingerprint density at radius 2 is 2.05 bits per heavy atom. The molecule has 1 aliphatic rings. The number of nitrogens with two attached hydrogens (primary N) is 1. The molecule has 1 aliphatic carbocycles. The number of carbonyl (C=O) groups excluding carboxylic acids is 1. The Morgan fingerprint density at radius 1 is 1.35 bits per heavy atom. The average Bonchev–Trinajstić information content (AvgIpc) is 2.86. The minimum Gasteiger partial charge on any atom is -0.349 e. The quantitative estimate of drug-likeness (QED) is 0.822. The van der Waals surface area contributed by atoms with Gasteiger partial charge in [0.05, 0.1) is 0 Å². The summed E-state index contributed by atoms with van der Waals surface area (Å²) in [5.74, 6) is -2.27. The number of hydrogen-bond acceptors (Lipinski definition) is 3. The van der Waals surface area contributed by atoms with Crippen LogP contribution >= 0.6 is 11.8 Å². The molecule has 1 saturated carbocycles. The number of hydrogen-bond donors (Lipinski definition) is 2. The molecule has 1 fully saturated rings. The molecular formula is C14H18F2N2OS. The largest absolute Gasteiger partial charge is 0.349 e. The molecule has 1 amide bonds. The third kappa shape index (κ3) is 3.93. The maximum Gasteiger partial charge on any atom is 0.288 e. The molecule has 6 heteroatoms. The molecule has 0 aromatic heterocycles. The fourth-order valence-corrected chi connectivity index (χ4v) is 3.05. The fourth-order valence-electron chi connectivity index (χ4n) is 2.55. The molecule has 3 nitrogen and oxygen atoms in total. The predicted molar refractivity (Wildman–Crippen MR) is 76.0 cm³/mol. The second-order valence-corrected chi connectivity index (χ2v) is 5.97. The van der Waals surface area contributed by atoms with E-state index in [2.05, 4.69) is 5.32 Å². The summed E-state index contributed by atoms with van der Waals surface area (Å²) in [6.07, 6.45) is 3.08. The van der Waals surface area contributed by atoms with Gasteiger partial charge in [-0.15, -0.1) is 0 Å². The van der Waals surface area contributed by atoms with Crippen LogP contribution in [0.5, 0.6) is 0 Å². The van der Waals surface area contributed by atoms with E-state index in [0.29, 0.717) is 34.7 Å². The highest BCUT2D eigenvalue weighted by Crippen LogP contribution is 2.26. The van der Waals surface area contributed by atoms with Gasteiger partial charge in [0.1, 0.15) is 0 Å². The molecule has 2 unspecified atom stereocenters. The van der Waals surface area contributed by atoms with Crippen molar-refractivity contribution >= 4 is 17.7 Å². The Balaban J connectivity index is 1.95. The number of benzene rings is 1. The minimum absolute atomic E-state index is 0.127. The van der Waals surface area contributed by atoms with Crippen LogP contribution in [0, 0.1) is 5.92 Å². The topological polar surface area (TPSA) is 55.1 Å². The number of nitrogens with one attached hydrogen (secondary N) is 1. The normalized spacial score (nSPS) is 22.2. The summed E-state index contributed by atoms with van der Waals surface area (Å²) in [7, 11) is 0. The van der Waals surface area contributed by atoms with Crippen LogP contribution in [-0.2, 0) is 0 Å². The van der Waals surface area contributed by atoms with Crippen molar-refractivity contribution in [3.8, 4) is 0 Å². The van der Waals surface area contributed by atoms with Crippen molar-refractivity contribution in [1.82, 2.24) is 5.32 Å². The van der Waals surface area contributed by atoms with Crippen molar-refractivity contribution in [1.29, 1.82) is 0 Å². The summed E-state index contributed by atoms with van der Waals surface area (Å²) in [5.41, 5.74) is 6.17. The highest BCUT2D eigenvalue weighted by molar-refractivity contribution is 7.99. The van der Waals surface area contributed by atoms with Gasteiger partial charge in [-0.25, -0.2) is 0 Å². The van der Waals surface area contributed by atoms with E-state index < -0.39 is 5.76 Å². The Labute approximate surface area is 121 Å². The highest BCUT2D eigenvalue weighted by atomic mass is 32.2. The van der Waals surface area contributed by atoms with E-state index in [1.807, 2.05) is 0 Å². The Bertz CT molecular complexity index is 453. The van der Waals surface area contributed by atoms with Gasteiger partial charge in [-0.1, -0.05) is 18.2 Å². The van der Waals surface area contributed by atoms with Crippen LogP contribution in [-0.4, -0.2) is 24.3 Å². The predicted octanol–water partition coefficient (Wildman–Crippen LogP) is 2.86. The van der Waals surface area contributed by atoms with Crippen molar-refractivity contribution in [2.24, 2.45) is 11.7 Å². The maximum atomic E-state index is 12.2. The van der Waals surface area contributed by atoms with E-state index in [-0.39, 0.29) is 11.9 Å². The number of thioether (sulfide) groups is 1. The van der Waals surface area contributed by atoms with Crippen molar-refractivity contribution in [3.05, 3.63) is 29.8 Å². The second-order valence-electron chi connectivity index (χ2n) is 4.91. The van der Waals surface area contributed by atoms with E-state index in [1.165, 1.54) is 0 Å². The van der Waals surface area contributed by atoms with Gasteiger partial charge in [0.2, 0.25) is 0 Å². The molecule has 2 atom stereocenters. The molecule has 2 rings (SSSR count). The van der Waals surface area contributed by atoms with Gasteiger partial charge in [-0.3, -0.25) is 4.79 Å². The zero-order valence-corrected chi connectivity index (χ0v) is 11.8. The lowest BCUT2D eigenvalue weighted by Gasteiger charge is -2.19. The van der Waals surface area contributed by atoms with E-state index in [9.17, 15) is 13.6 Å². The van der Waals surface area contributed by atoms with E-state index in [1.54, 1.807) is 24.3 Å². The molecule has 0 saturated heterocycles. The lowest BCUT2D eigenvalue weighted by Crippen LogP contribution is -2.39. The highest BCUT2D eigenvalue weighted by Gasteiger charge is 2.27. The first kappa shape index (κ1) is 15.3. The van der Waals surface area contributed by atoms with Gasteiger partial charge >= 0.3 is 0 Å². The smallest absolute Gasteiger partial charge is 0.288 e. The first-order chi connectivity index (χ1) is 9.60. The van der Waals surface area contributed by atoms with Crippen molar-refractivity contribution in [3.63, 3.8) is 0 Å². The molecular weight excluding hydrogens is 282 g/mol. The molecule has 1 aromatic rings. The van der Waals surface area contributed by atoms with Crippen molar-refractivity contribution in [2.45, 2.75) is 36.0 Å². The maximum absolute atomic E-state index is 12.2. The number of halogens is 2. The number of carbonyl (C=O) groups is 1. The van der Waals surface area contributed by atoms with Crippen LogP contribution in [0.3, 0.4) is 0 Å². The summed E-state index contributed by atoms with van der Waals surface area (Å²) >= 11 is 0.474. The summed E-state index contributed by atoms with van der Waals surface area (Å²) in [6, 6.07) is 6.36.